The molecule has 1 aromatic rings. The van der Waals surface area contributed by atoms with Gasteiger partial charge < -0.3 is 15.5 Å². The van der Waals surface area contributed by atoms with Crippen molar-refractivity contribution in [1.29, 1.82) is 0 Å². The van der Waals surface area contributed by atoms with Crippen LogP contribution in [0.1, 0.15) is 13.3 Å². The molecule has 0 radical (unpaired) electrons. The van der Waals surface area contributed by atoms with Gasteiger partial charge in [0.2, 0.25) is 5.91 Å². The van der Waals surface area contributed by atoms with E-state index >= 15 is 0 Å². The molecule has 6 nitrogen and oxygen atoms in total. The predicted octanol–water partition coefficient (Wildman–Crippen LogP) is 1.64. The summed E-state index contributed by atoms with van der Waals surface area (Å²) in [7, 11) is 1.77. The number of carbonyl (C=O) groups is 1. The molecule has 150 valence electrons. The number of aliphatic imine (C=N–C) groups is 1. The monoisotopic (exact) mass is 395 g/mol. The molecule has 1 aliphatic rings. The summed E-state index contributed by atoms with van der Waals surface area (Å²) in [5.41, 5.74) is 0. The Bertz CT molecular complexity index is 603. The molecule has 1 fully saturated rings. The van der Waals surface area contributed by atoms with E-state index in [4.69, 9.17) is 0 Å². The van der Waals surface area contributed by atoms with Crippen molar-refractivity contribution < 1.29 is 9.18 Å². The summed E-state index contributed by atoms with van der Waals surface area (Å²) in [6.45, 7) is 7.71. The average molecular weight is 396 g/mol. The number of thioether (sulfide) groups is 1. The molecular formula is C19H30FN5OS. The van der Waals surface area contributed by atoms with Crippen LogP contribution in [0.25, 0.3) is 0 Å². The number of piperazine rings is 1. The molecule has 0 spiro atoms. The van der Waals surface area contributed by atoms with E-state index in [9.17, 15) is 9.18 Å². The number of amides is 1. The number of rotatable bonds is 8. The lowest BCUT2D eigenvalue weighted by atomic mass is 10.3. The molecule has 1 aliphatic heterocycles. The molecule has 0 atom stereocenters. The Kier molecular flexibility index (Phi) is 9.41. The van der Waals surface area contributed by atoms with Crippen molar-refractivity contribution in [1.82, 2.24) is 20.4 Å². The van der Waals surface area contributed by atoms with Gasteiger partial charge in [-0.05, 0) is 36.4 Å². The number of hydrogen-bond acceptors (Lipinski definition) is 4. The third-order valence-electron chi connectivity index (χ3n) is 4.46. The molecule has 0 aromatic heterocycles. The fraction of sp³-hybridized carbons (Fsp3) is 0.579. The van der Waals surface area contributed by atoms with Crippen LogP contribution in [0.5, 0.6) is 0 Å². The van der Waals surface area contributed by atoms with Gasteiger partial charge in [0.1, 0.15) is 5.82 Å². The molecule has 1 aromatic carbocycles. The Morgan fingerprint density at radius 2 is 1.81 bits per heavy atom. The topological polar surface area (TPSA) is 60.0 Å². The largest absolute Gasteiger partial charge is 0.356 e. The molecule has 0 aliphatic carbocycles. The third-order valence-corrected chi connectivity index (χ3v) is 5.56. The van der Waals surface area contributed by atoms with E-state index in [0.717, 1.165) is 68.8 Å². The highest BCUT2D eigenvalue weighted by Gasteiger charge is 2.17. The Hall–Kier alpha value is -1.80. The summed E-state index contributed by atoms with van der Waals surface area (Å²) < 4.78 is 12.9. The molecule has 2 N–H and O–H groups in total. The average Bonchev–Trinajstić information content (AvgIpc) is 2.68. The van der Waals surface area contributed by atoms with Gasteiger partial charge in [0, 0.05) is 64.7 Å². The number of guanidine groups is 1. The van der Waals surface area contributed by atoms with Crippen LogP contribution in [-0.2, 0) is 4.79 Å². The van der Waals surface area contributed by atoms with Crippen molar-refractivity contribution in [2.24, 2.45) is 4.99 Å². The van der Waals surface area contributed by atoms with Crippen LogP contribution >= 0.6 is 11.8 Å². The van der Waals surface area contributed by atoms with E-state index in [0.29, 0.717) is 0 Å². The van der Waals surface area contributed by atoms with Gasteiger partial charge >= 0.3 is 0 Å². The SMILES string of the molecule is CN=C(NCCCSc1ccc(F)cc1)NCCN1CCN(C(C)=O)CC1. The second-order valence-electron chi connectivity index (χ2n) is 6.43. The van der Waals surface area contributed by atoms with Gasteiger partial charge in [-0.15, -0.1) is 11.8 Å². The Morgan fingerprint density at radius 3 is 2.44 bits per heavy atom. The molecule has 8 heteroatoms. The van der Waals surface area contributed by atoms with E-state index < -0.39 is 0 Å². The predicted molar refractivity (Wildman–Crippen MR) is 110 cm³/mol. The first kappa shape index (κ1) is 21.5. The number of hydrogen-bond donors (Lipinski definition) is 2. The Labute approximate surface area is 165 Å². The van der Waals surface area contributed by atoms with Crippen molar-refractivity contribution in [3.05, 3.63) is 30.1 Å². The Balaban J connectivity index is 1.53. The zero-order chi connectivity index (χ0) is 19.5. The highest BCUT2D eigenvalue weighted by molar-refractivity contribution is 7.99. The summed E-state index contributed by atoms with van der Waals surface area (Å²) in [6.07, 6.45) is 0.996. The minimum Gasteiger partial charge on any atom is -0.356 e. The lowest BCUT2D eigenvalue weighted by Crippen LogP contribution is -2.50. The van der Waals surface area contributed by atoms with E-state index in [1.807, 2.05) is 17.0 Å². The first-order chi connectivity index (χ1) is 13.1. The van der Waals surface area contributed by atoms with Crippen LogP contribution in [0.3, 0.4) is 0 Å². The second-order valence-corrected chi connectivity index (χ2v) is 7.60. The van der Waals surface area contributed by atoms with Crippen molar-refractivity contribution in [2.45, 2.75) is 18.2 Å². The van der Waals surface area contributed by atoms with Crippen LogP contribution in [0.4, 0.5) is 4.39 Å². The summed E-state index contributed by atoms with van der Waals surface area (Å²) in [5.74, 6) is 1.74. The molecule has 2 rings (SSSR count). The normalized spacial score (nSPS) is 15.7. The van der Waals surface area contributed by atoms with Crippen LogP contribution in [0.15, 0.2) is 34.2 Å². The lowest BCUT2D eigenvalue weighted by molar-refractivity contribution is -0.130. The van der Waals surface area contributed by atoms with Gasteiger partial charge in [-0.2, -0.15) is 0 Å². The lowest BCUT2D eigenvalue weighted by Gasteiger charge is -2.34. The molecule has 27 heavy (non-hydrogen) atoms. The van der Waals surface area contributed by atoms with Crippen molar-refractivity contribution >= 4 is 23.6 Å². The number of carbonyl (C=O) groups excluding carboxylic acids is 1. The summed E-state index contributed by atoms with van der Waals surface area (Å²) in [5, 5.41) is 6.65. The highest BCUT2D eigenvalue weighted by atomic mass is 32.2. The maximum absolute atomic E-state index is 12.9. The number of nitrogens with one attached hydrogen (secondary N) is 2. The maximum Gasteiger partial charge on any atom is 0.219 e. The quantitative estimate of drug-likeness (QED) is 0.303. The molecule has 1 saturated heterocycles. The van der Waals surface area contributed by atoms with Gasteiger partial charge in [0.15, 0.2) is 5.96 Å². The summed E-state index contributed by atoms with van der Waals surface area (Å²) >= 11 is 1.73. The van der Waals surface area contributed by atoms with E-state index in [1.165, 1.54) is 12.1 Å². The molecule has 0 saturated carbocycles. The van der Waals surface area contributed by atoms with E-state index in [2.05, 4.69) is 20.5 Å². The molecular weight excluding hydrogens is 365 g/mol. The van der Waals surface area contributed by atoms with Gasteiger partial charge in [0.05, 0.1) is 0 Å². The fourth-order valence-corrected chi connectivity index (χ4v) is 3.69. The zero-order valence-electron chi connectivity index (χ0n) is 16.2. The van der Waals surface area contributed by atoms with Gasteiger partial charge in [0.25, 0.3) is 0 Å². The fourth-order valence-electron chi connectivity index (χ4n) is 2.84. The second kappa shape index (κ2) is 11.8. The number of benzene rings is 1. The standard InChI is InChI=1S/C19H30FN5OS/c1-16(26)25-13-11-24(12-14-25)10-9-23-19(21-2)22-8-3-15-27-18-6-4-17(20)5-7-18/h4-7H,3,8-15H2,1-2H3,(H2,21,22,23). The molecule has 1 heterocycles. The minimum absolute atomic E-state index is 0.162. The van der Waals surface area contributed by atoms with E-state index in [1.54, 1.807) is 25.7 Å². The molecule has 0 unspecified atom stereocenters. The van der Waals surface area contributed by atoms with Crippen LogP contribution in [0.2, 0.25) is 0 Å². The maximum atomic E-state index is 12.9. The van der Waals surface area contributed by atoms with Crippen LogP contribution in [-0.4, -0.2) is 80.3 Å². The molecule has 1 amide bonds. The number of halogens is 1. The number of nitrogens with zero attached hydrogens (tertiary/aromatic N) is 3. The highest BCUT2D eigenvalue weighted by Crippen LogP contribution is 2.18. The third kappa shape index (κ3) is 8.17. The van der Waals surface area contributed by atoms with Gasteiger partial charge in [-0.3, -0.25) is 14.7 Å². The molecule has 0 bridgehead atoms. The van der Waals surface area contributed by atoms with Gasteiger partial charge in [-0.25, -0.2) is 4.39 Å². The van der Waals surface area contributed by atoms with Crippen molar-refractivity contribution in [2.75, 3.05) is 58.6 Å². The summed E-state index contributed by atoms with van der Waals surface area (Å²) in [4.78, 5) is 20.9. The smallest absolute Gasteiger partial charge is 0.219 e. The van der Waals surface area contributed by atoms with Gasteiger partial charge in [-0.1, -0.05) is 0 Å². The summed E-state index contributed by atoms with van der Waals surface area (Å²) in [6, 6.07) is 6.60. The first-order valence-corrected chi connectivity index (χ1v) is 10.4. The minimum atomic E-state index is -0.198. The Morgan fingerprint density at radius 1 is 1.15 bits per heavy atom. The first-order valence-electron chi connectivity index (χ1n) is 9.39. The zero-order valence-corrected chi connectivity index (χ0v) is 17.0. The van der Waals surface area contributed by atoms with Crippen molar-refractivity contribution in [3.63, 3.8) is 0 Å². The van der Waals surface area contributed by atoms with Crippen LogP contribution in [0, 0.1) is 5.82 Å². The van der Waals surface area contributed by atoms with Crippen molar-refractivity contribution in [3.8, 4) is 0 Å². The van der Waals surface area contributed by atoms with Crippen LogP contribution < -0.4 is 10.6 Å². The van der Waals surface area contributed by atoms with E-state index in [-0.39, 0.29) is 11.7 Å².